The van der Waals surface area contributed by atoms with Crippen molar-refractivity contribution in [1.82, 2.24) is 25.1 Å². The predicted octanol–water partition coefficient (Wildman–Crippen LogP) is 3.19. The summed E-state index contributed by atoms with van der Waals surface area (Å²) in [5, 5.41) is 7.06. The van der Waals surface area contributed by atoms with Gasteiger partial charge in [-0.3, -0.25) is 9.89 Å². The molecule has 1 saturated heterocycles. The molecule has 158 valence electrons. The first-order valence-corrected chi connectivity index (χ1v) is 11.0. The number of likely N-dealkylation sites (tertiary alicyclic amines) is 1. The summed E-state index contributed by atoms with van der Waals surface area (Å²) in [6, 6.07) is 11.3. The topological polar surface area (TPSA) is 57.5 Å². The zero-order valence-corrected chi connectivity index (χ0v) is 18.0. The molecular formula is C23H36N6. The predicted molar refractivity (Wildman–Crippen MR) is 120 cm³/mol. The van der Waals surface area contributed by atoms with Crippen molar-refractivity contribution < 1.29 is 0 Å². The molecule has 0 amide bonds. The number of benzene rings is 1. The normalized spacial score (nSPS) is 16.1. The lowest BCUT2D eigenvalue weighted by molar-refractivity contribution is 0.198. The molecule has 1 aromatic carbocycles. The molecule has 0 bridgehead atoms. The molecule has 0 aliphatic carbocycles. The summed E-state index contributed by atoms with van der Waals surface area (Å²) in [6.07, 6.45) is 8.45. The minimum atomic E-state index is 0.508. The van der Waals surface area contributed by atoms with E-state index in [-0.39, 0.29) is 0 Å². The Morgan fingerprint density at radius 2 is 1.97 bits per heavy atom. The largest absolute Gasteiger partial charge is 0.357 e. The lowest BCUT2D eigenvalue weighted by Crippen LogP contribution is -2.48. The first kappa shape index (κ1) is 21.4. The minimum absolute atomic E-state index is 0.508. The SMILES string of the molecule is CCNC(=NCCCCn1ccnc1C)NC1CCN(Cc2ccccc2)CC1. The van der Waals surface area contributed by atoms with Crippen LogP contribution >= 0.6 is 0 Å². The van der Waals surface area contributed by atoms with E-state index in [1.165, 1.54) is 5.56 Å². The van der Waals surface area contributed by atoms with Gasteiger partial charge in [0.1, 0.15) is 5.82 Å². The molecule has 2 aromatic rings. The Morgan fingerprint density at radius 1 is 1.17 bits per heavy atom. The molecule has 1 aromatic heterocycles. The number of aliphatic imine (C=N–C) groups is 1. The monoisotopic (exact) mass is 396 g/mol. The van der Waals surface area contributed by atoms with Crippen LogP contribution in [0.25, 0.3) is 0 Å². The highest BCUT2D eigenvalue weighted by molar-refractivity contribution is 5.80. The van der Waals surface area contributed by atoms with Gasteiger partial charge in [0.2, 0.25) is 0 Å². The molecule has 29 heavy (non-hydrogen) atoms. The third-order valence-corrected chi connectivity index (χ3v) is 5.52. The molecule has 2 heterocycles. The van der Waals surface area contributed by atoms with Crippen molar-refractivity contribution in [3.05, 3.63) is 54.1 Å². The lowest BCUT2D eigenvalue weighted by Gasteiger charge is -2.33. The summed E-state index contributed by atoms with van der Waals surface area (Å²) in [7, 11) is 0. The van der Waals surface area contributed by atoms with Gasteiger partial charge < -0.3 is 15.2 Å². The van der Waals surface area contributed by atoms with Crippen LogP contribution in [0.15, 0.2) is 47.7 Å². The van der Waals surface area contributed by atoms with Crippen LogP contribution in [0.5, 0.6) is 0 Å². The second kappa shape index (κ2) is 11.6. The second-order valence-electron chi connectivity index (χ2n) is 7.82. The summed E-state index contributed by atoms with van der Waals surface area (Å²) in [5.74, 6) is 2.05. The Morgan fingerprint density at radius 3 is 2.66 bits per heavy atom. The molecule has 1 fully saturated rings. The Labute approximate surface area is 175 Å². The molecule has 1 aliphatic rings. The number of nitrogens with one attached hydrogen (secondary N) is 2. The summed E-state index contributed by atoms with van der Waals surface area (Å²) >= 11 is 0. The number of aromatic nitrogens is 2. The van der Waals surface area contributed by atoms with E-state index in [9.17, 15) is 0 Å². The fourth-order valence-electron chi connectivity index (χ4n) is 3.82. The molecule has 1 aliphatic heterocycles. The van der Waals surface area contributed by atoms with Crippen molar-refractivity contribution in [2.45, 2.75) is 58.7 Å². The zero-order valence-electron chi connectivity index (χ0n) is 18.0. The van der Waals surface area contributed by atoms with Crippen LogP contribution in [0.1, 0.15) is 44.0 Å². The van der Waals surface area contributed by atoms with E-state index in [2.05, 4.69) is 69.3 Å². The van der Waals surface area contributed by atoms with Crippen molar-refractivity contribution in [1.29, 1.82) is 0 Å². The Kier molecular flexibility index (Phi) is 8.56. The quantitative estimate of drug-likeness (QED) is 0.388. The number of aryl methyl sites for hydroxylation is 2. The van der Waals surface area contributed by atoms with Gasteiger partial charge in [0, 0.05) is 57.7 Å². The summed E-state index contributed by atoms with van der Waals surface area (Å²) in [5.41, 5.74) is 1.40. The highest BCUT2D eigenvalue weighted by Crippen LogP contribution is 2.13. The summed E-state index contributed by atoms with van der Waals surface area (Å²) in [4.78, 5) is 11.6. The van der Waals surface area contributed by atoms with Gasteiger partial charge in [0.15, 0.2) is 5.96 Å². The average molecular weight is 397 g/mol. The van der Waals surface area contributed by atoms with Gasteiger partial charge in [-0.05, 0) is 45.1 Å². The molecule has 6 nitrogen and oxygen atoms in total. The van der Waals surface area contributed by atoms with Crippen molar-refractivity contribution in [2.75, 3.05) is 26.2 Å². The Hall–Kier alpha value is -2.34. The van der Waals surface area contributed by atoms with E-state index in [1.54, 1.807) is 0 Å². The maximum absolute atomic E-state index is 4.79. The number of nitrogens with zero attached hydrogens (tertiary/aromatic N) is 4. The molecule has 0 spiro atoms. The summed E-state index contributed by atoms with van der Waals surface area (Å²) < 4.78 is 2.20. The summed E-state index contributed by atoms with van der Waals surface area (Å²) in [6.45, 7) is 10.3. The fourth-order valence-corrected chi connectivity index (χ4v) is 3.82. The molecule has 0 atom stereocenters. The van der Waals surface area contributed by atoms with Crippen LogP contribution in [0.3, 0.4) is 0 Å². The average Bonchev–Trinajstić information content (AvgIpc) is 3.15. The maximum atomic E-state index is 4.79. The number of imidazole rings is 1. The van der Waals surface area contributed by atoms with E-state index in [0.29, 0.717) is 6.04 Å². The molecule has 2 N–H and O–H groups in total. The highest BCUT2D eigenvalue weighted by atomic mass is 15.2. The van der Waals surface area contributed by atoms with Gasteiger partial charge >= 0.3 is 0 Å². The lowest BCUT2D eigenvalue weighted by atomic mass is 10.0. The van der Waals surface area contributed by atoms with Gasteiger partial charge in [-0.15, -0.1) is 0 Å². The van der Waals surface area contributed by atoms with Crippen LogP contribution < -0.4 is 10.6 Å². The van der Waals surface area contributed by atoms with Crippen LogP contribution in [0, 0.1) is 6.92 Å². The molecule has 6 heteroatoms. The molecule has 0 radical (unpaired) electrons. The van der Waals surface area contributed by atoms with Gasteiger partial charge in [0.05, 0.1) is 0 Å². The van der Waals surface area contributed by atoms with Crippen LogP contribution in [-0.4, -0.2) is 52.6 Å². The number of guanidine groups is 1. The van der Waals surface area contributed by atoms with E-state index in [4.69, 9.17) is 4.99 Å². The van der Waals surface area contributed by atoms with E-state index in [0.717, 1.165) is 76.7 Å². The van der Waals surface area contributed by atoms with Crippen molar-refractivity contribution in [3.8, 4) is 0 Å². The van der Waals surface area contributed by atoms with Crippen molar-refractivity contribution >= 4 is 5.96 Å². The second-order valence-corrected chi connectivity index (χ2v) is 7.82. The molecule has 0 saturated carbocycles. The van der Waals surface area contributed by atoms with E-state index < -0.39 is 0 Å². The van der Waals surface area contributed by atoms with Crippen molar-refractivity contribution in [2.24, 2.45) is 4.99 Å². The minimum Gasteiger partial charge on any atom is -0.357 e. The smallest absolute Gasteiger partial charge is 0.191 e. The van der Waals surface area contributed by atoms with E-state index >= 15 is 0 Å². The zero-order chi connectivity index (χ0) is 20.3. The molecule has 3 rings (SSSR count). The van der Waals surface area contributed by atoms with Crippen LogP contribution in [0.2, 0.25) is 0 Å². The fraction of sp³-hybridized carbons (Fsp3) is 0.565. The first-order valence-electron chi connectivity index (χ1n) is 11.0. The molecule has 0 unspecified atom stereocenters. The first-order chi connectivity index (χ1) is 14.2. The number of hydrogen-bond acceptors (Lipinski definition) is 3. The number of piperidine rings is 1. The maximum Gasteiger partial charge on any atom is 0.191 e. The Balaban J connectivity index is 1.37. The van der Waals surface area contributed by atoms with Crippen LogP contribution in [0.4, 0.5) is 0 Å². The highest BCUT2D eigenvalue weighted by Gasteiger charge is 2.19. The third-order valence-electron chi connectivity index (χ3n) is 5.52. The van der Waals surface area contributed by atoms with Crippen LogP contribution in [-0.2, 0) is 13.1 Å². The number of rotatable bonds is 9. The third kappa shape index (κ3) is 7.20. The number of unbranched alkanes of at least 4 members (excludes halogenated alkanes) is 1. The van der Waals surface area contributed by atoms with Crippen molar-refractivity contribution in [3.63, 3.8) is 0 Å². The van der Waals surface area contributed by atoms with Gasteiger partial charge in [-0.25, -0.2) is 4.98 Å². The van der Waals surface area contributed by atoms with Gasteiger partial charge in [0.25, 0.3) is 0 Å². The number of hydrogen-bond donors (Lipinski definition) is 2. The standard InChI is InChI=1S/C23H36N6/c1-3-24-23(26-13-7-8-15-29-18-14-25-20(29)2)27-22-11-16-28(17-12-22)19-21-9-5-4-6-10-21/h4-6,9-10,14,18,22H,3,7-8,11-13,15-17,19H2,1-2H3,(H2,24,26,27). The van der Waals surface area contributed by atoms with Gasteiger partial charge in [-0.1, -0.05) is 30.3 Å². The van der Waals surface area contributed by atoms with Gasteiger partial charge in [-0.2, -0.15) is 0 Å². The molecular weight excluding hydrogens is 360 g/mol. The Bertz CT molecular complexity index is 731. The van der Waals surface area contributed by atoms with E-state index in [1.807, 2.05) is 12.4 Å².